The van der Waals surface area contributed by atoms with Crippen molar-refractivity contribution in [2.45, 2.75) is 26.2 Å². The first-order valence-electron chi connectivity index (χ1n) is 6.11. The lowest BCUT2D eigenvalue weighted by atomic mass is 10.1. The fourth-order valence-corrected chi connectivity index (χ4v) is 2.06. The number of rotatable bonds is 6. The second kappa shape index (κ2) is 7.94. The summed E-state index contributed by atoms with van der Waals surface area (Å²) in [6, 6.07) is 6.09. The zero-order valence-electron chi connectivity index (χ0n) is 11.2. The van der Waals surface area contributed by atoms with Crippen LogP contribution < -0.4 is 5.32 Å². The summed E-state index contributed by atoms with van der Waals surface area (Å²) in [5, 5.41) is 2.80. The Morgan fingerprint density at radius 1 is 1.32 bits per heavy atom. The zero-order valence-corrected chi connectivity index (χ0v) is 12.7. The highest BCUT2D eigenvalue weighted by molar-refractivity contribution is 9.10. The van der Waals surface area contributed by atoms with Gasteiger partial charge in [-0.25, -0.2) is 0 Å². The van der Waals surface area contributed by atoms with Crippen molar-refractivity contribution >= 4 is 27.8 Å². The largest absolute Gasteiger partial charge is 0.469 e. The minimum atomic E-state index is -0.363. The molecule has 4 nitrogen and oxygen atoms in total. The van der Waals surface area contributed by atoms with Crippen molar-refractivity contribution in [2.24, 2.45) is 0 Å². The standard InChI is InChI=1S/C14H18BrNO3/c1-10-3-4-12(15)9-11(10)7-8-16-13(17)5-6-14(18)19-2/h3-4,9H,5-8H2,1-2H3,(H,16,17). The van der Waals surface area contributed by atoms with Gasteiger partial charge in [-0.15, -0.1) is 0 Å². The van der Waals surface area contributed by atoms with Crippen molar-refractivity contribution in [1.29, 1.82) is 0 Å². The minimum absolute atomic E-state index is 0.123. The van der Waals surface area contributed by atoms with Crippen molar-refractivity contribution in [1.82, 2.24) is 5.32 Å². The van der Waals surface area contributed by atoms with E-state index in [9.17, 15) is 9.59 Å². The molecule has 0 saturated heterocycles. The molecule has 19 heavy (non-hydrogen) atoms. The van der Waals surface area contributed by atoms with Gasteiger partial charge in [0.25, 0.3) is 0 Å². The number of nitrogens with one attached hydrogen (secondary N) is 1. The highest BCUT2D eigenvalue weighted by Gasteiger charge is 2.06. The first-order valence-corrected chi connectivity index (χ1v) is 6.90. The van der Waals surface area contributed by atoms with Gasteiger partial charge in [0.15, 0.2) is 0 Å². The lowest BCUT2D eigenvalue weighted by Gasteiger charge is -2.08. The van der Waals surface area contributed by atoms with E-state index in [0.29, 0.717) is 6.54 Å². The van der Waals surface area contributed by atoms with E-state index in [1.807, 2.05) is 19.1 Å². The van der Waals surface area contributed by atoms with E-state index in [0.717, 1.165) is 10.9 Å². The van der Waals surface area contributed by atoms with Crippen LogP contribution in [-0.2, 0) is 20.7 Å². The molecule has 0 heterocycles. The SMILES string of the molecule is COC(=O)CCC(=O)NCCc1cc(Br)ccc1C. The number of benzene rings is 1. The number of carbonyl (C=O) groups excluding carboxylic acids is 2. The van der Waals surface area contributed by atoms with Gasteiger partial charge in [0, 0.05) is 17.4 Å². The van der Waals surface area contributed by atoms with Crippen LogP contribution in [-0.4, -0.2) is 25.5 Å². The molecule has 1 N–H and O–H groups in total. The average molecular weight is 328 g/mol. The summed E-state index contributed by atoms with van der Waals surface area (Å²) in [5.74, 6) is -0.490. The molecule has 0 atom stereocenters. The predicted molar refractivity (Wildman–Crippen MR) is 76.8 cm³/mol. The Balaban J connectivity index is 2.32. The molecule has 1 aromatic rings. The number of ether oxygens (including phenoxy) is 1. The maximum absolute atomic E-state index is 11.5. The Bertz CT molecular complexity index is 460. The summed E-state index contributed by atoms with van der Waals surface area (Å²) in [6.45, 7) is 2.61. The molecule has 0 radical (unpaired) electrons. The van der Waals surface area contributed by atoms with Crippen molar-refractivity contribution < 1.29 is 14.3 Å². The summed E-state index contributed by atoms with van der Waals surface area (Å²) in [7, 11) is 1.32. The molecule has 0 fully saturated rings. The van der Waals surface area contributed by atoms with Crippen LogP contribution in [0.25, 0.3) is 0 Å². The van der Waals surface area contributed by atoms with E-state index in [4.69, 9.17) is 0 Å². The van der Waals surface area contributed by atoms with Crippen LogP contribution >= 0.6 is 15.9 Å². The molecular weight excluding hydrogens is 310 g/mol. The van der Waals surface area contributed by atoms with E-state index in [1.54, 1.807) is 0 Å². The number of halogens is 1. The quantitative estimate of drug-likeness (QED) is 0.816. The topological polar surface area (TPSA) is 55.4 Å². The average Bonchev–Trinajstić information content (AvgIpc) is 2.40. The first-order chi connectivity index (χ1) is 9.02. The van der Waals surface area contributed by atoms with Gasteiger partial charge in [0.05, 0.1) is 13.5 Å². The summed E-state index contributed by atoms with van der Waals surface area (Å²) in [4.78, 5) is 22.4. The minimum Gasteiger partial charge on any atom is -0.469 e. The number of hydrogen-bond donors (Lipinski definition) is 1. The van der Waals surface area contributed by atoms with E-state index in [-0.39, 0.29) is 24.7 Å². The van der Waals surface area contributed by atoms with E-state index < -0.39 is 0 Å². The number of hydrogen-bond acceptors (Lipinski definition) is 3. The van der Waals surface area contributed by atoms with E-state index in [1.165, 1.54) is 18.2 Å². The second-order valence-corrected chi connectivity index (χ2v) is 5.16. The Kier molecular flexibility index (Phi) is 6.56. The van der Waals surface area contributed by atoms with Gasteiger partial charge < -0.3 is 10.1 Å². The number of carbonyl (C=O) groups is 2. The number of esters is 1. The summed E-state index contributed by atoms with van der Waals surface area (Å²) >= 11 is 3.43. The molecule has 0 aliphatic heterocycles. The smallest absolute Gasteiger partial charge is 0.306 e. The summed E-state index contributed by atoms with van der Waals surface area (Å²) < 4.78 is 5.51. The molecule has 0 unspecified atom stereocenters. The molecule has 1 rings (SSSR count). The highest BCUT2D eigenvalue weighted by Crippen LogP contribution is 2.16. The molecule has 0 aliphatic carbocycles. The van der Waals surface area contributed by atoms with Crippen LogP contribution in [0.15, 0.2) is 22.7 Å². The zero-order chi connectivity index (χ0) is 14.3. The van der Waals surface area contributed by atoms with Crippen LogP contribution in [0.5, 0.6) is 0 Å². The third kappa shape index (κ3) is 5.87. The van der Waals surface area contributed by atoms with Crippen molar-refractivity contribution in [3.63, 3.8) is 0 Å². The number of amides is 1. The third-order valence-electron chi connectivity index (χ3n) is 2.81. The molecule has 1 amide bonds. The first kappa shape index (κ1) is 15.7. The summed E-state index contributed by atoms with van der Waals surface area (Å²) in [6.07, 6.45) is 1.07. The van der Waals surface area contributed by atoms with E-state index in [2.05, 4.69) is 32.0 Å². The Labute approximate surface area is 121 Å². The normalized spacial score (nSPS) is 10.1. The van der Waals surface area contributed by atoms with Crippen molar-refractivity contribution in [3.8, 4) is 0 Å². The van der Waals surface area contributed by atoms with E-state index >= 15 is 0 Å². The lowest BCUT2D eigenvalue weighted by molar-refractivity contribution is -0.142. The van der Waals surface area contributed by atoms with Crippen LogP contribution in [0.4, 0.5) is 0 Å². The van der Waals surface area contributed by atoms with Gasteiger partial charge in [-0.05, 0) is 36.6 Å². The Morgan fingerprint density at radius 2 is 2.05 bits per heavy atom. The molecule has 0 bridgehead atoms. The Morgan fingerprint density at radius 3 is 2.74 bits per heavy atom. The van der Waals surface area contributed by atoms with Crippen LogP contribution in [0.2, 0.25) is 0 Å². The van der Waals surface area contributed by atoms with Crippen LogP contribution in [0.1, 0.15) is 24.0 Å². The molecule has 0 aliphatic rings. The van der Waals surface area contributed by atoms with Gasteiger partial charge in [0.1, 0.15) is 0 Å². The van der Waals surface area contributed by atoms with Crippen LogP contribution in [0, 0.1) is 6.92 Å². The van der Waals surface area contributed by atoms with Gasteiger partial charge in [-0.2, -0.15) is 0 Å². The van der Waals surface area contributed by atoms with Gasteiger partial charge >= 0.3 is 5.97 Å². The molecule has 0 aromatic heterocycles. The molecule has 1 aromatic carbocycles. The lowest BCUT2D eigenvalue weighted by Crippen LogP contribution is -2.26. The maximum Gasteiger partial charge on any atom is 0.306 e. The molecule has 104 valence electrons. The van der Waals surface area contributed by atoms with Crippen molar-refractivity contribution in [3.05, 3.63) is 33.8 Å². The number of methoxy groups -OCH3 is 1. The number of aryl methyl sites for hydroxylation is 1. The maximum atomic E-state index is 11.5. The molecular formula is C14H18BrNO3. The van der Waals surface area contributed by atoms with Crippen LogP contribution in [0.3, 0.4) is 0 Å². The molecule has 5 heteroatoms. The highest BCUT2D eigenvalue weighted by atomic mass is 79.9. The van der Waals surface area contributed by atoms with Crippen molar-refractivity contribution in [2.75, 3.05) is 13.7 Å². The molecule has 0 spiro atoms. The fraction of sp³-hybridized carbons (Fsp3) is 0.429. The monoisotopic (exact) mass is 327 g/mol. The Hall–Kier alpha value is -1.36. The molecule has 0 saturated carbocycles. The second-order valence-electron chi connectivity index (χ2n) is 4.25. The predicted octanol–water partition coefficient (Wildman–Crippen LogP) is 2.37. The van der Waals surface area contributed by atoms with Gasteiger partial charge in [0.2, 0.25) is 5.91 Å². The third-order valence-corrected chi connectivity index (χ3v) is 3.30. The van der Waals surface area contributed by atoms with Gasteiger partial charge in [-0.3, -0.25) is 9.59 Å². The van der Waals surface area contributed by atoms with Gasteiger partial charge in [-0.1, -0.05) is 22.0 Å². The fourth-order valence-electron chi connectivity index (χ4n) is 1.65. The summed E-state index contributed by atoms with van der Waals surface area (Å²) in [5.41, 5.74) is 2.40.